The van der Waals surface area contributed by atoms with Crippen molar-refractivity contribution in [3.63, 3.8) is 0 Å². The van der Waals surface area contributed by atoms with E-state index in [0.717, 1.165) is 12.8 Å². The van der Waals surface area contributed by atoms with Gasteiger partial charge < -0.3 is 0 Å². The molecule has 0 bridgehead atoms. The first-order chi connectivity index (χ1) is 10.2. The molecule has 0 radical (unpaired) electrons. The van der Waals surface area contributed by atoms with Crippen LogP contribution in [0.5, 0.6) is 0 Å². The maximum Gasteiger partial charge on any atom is 0.0499 e. The fraction of sp³-hybridized carbons (Fsp3) is 0.529. The van der Waals surface area contributed by atoms with E-state index in [0.29, 0.717) is 12.1 Å². The van der Waals surface area contributed by atoms with Gasteiger partial charge >= 0.3 is 0 Å². The Hall–Kier alpha value is -0.340. The number of nitrogens with zero attached hydrogens (tertiary/aromatic N) is 1. The van der Waals surface area contributed by atoms with Crippen LogP contribution in [0.2, 0.25) is 0 Å². The van der Waals surface area contributed by atoms with Crippen molar-refractivity contribution in [2.24, 2.45) is 0 Å². The van der Waals surface area contributed by atoms with Crippen LogP contribution in [0.15, 0.2) is 48.6 Å². The predicted molar refractivity (Wildman–Crippen MR) is 98.8 cm³/mol. The molecule has 2 aliphatic heterocycles. The second-order valence-electron chi connectivity index (χ2n) is 5.51. The summed E-state index contributed by atoms with van der Waals surface area (Å²) in [5.74, 6) is 2.43. The van der Waals surface area contributed by atoms with Gasteiger partial charge in [-0.2, -0.15) is 0 Å². The van der Waals surface area contributed by atoms with Crippen LogP contribution in [0.3, 0.4) is 0 Å². The van der Waals surface area contributed by atoms with Gasteiger partial charge in [0.2, 0.25) is 0 Å². The molecule has 21 heavy (non-hydrogen) atoms. The molecule has 4 heteroatoms. The highest BCUT2D eigenvalue weighted by Crippen LogP contribution is 2.50. The first-order valence-electron chi connectivity index (χ1n) is 7.71. The second-order valence-corrected chi connectivity index (χ2v) is 8.45. The molecule has 0 aliphatic carbocycles. The van der Waals surface area contributed by atoms with E-state index < -0.39 is 0 Å². The van der Waals surface area contributed by atoms with Gasteiger partial charge in [-0.15, -0.1) is 11.8 Å². The standard InChI is InChI=1S/C17H27N2PS/c1-4-6-7-8-10-15(3)11-16-12-20(18-16)19-14-21-13-17(19)9-5-2/h4-6,8-10,16-18H,3,7,11-14H2,1-2H3/b6-4-,9-5+,10-8-. The van der Waals surface area contributed by atoms with Gasteiger partial charge in [-0.05, 0) is 26.7 Å². The molecule has 2 saturated heterocycles. The number of allylic oxidation sites excluding steroid dienone is 5. The molecule has 3 unspecified atom stereocenters. The summed E-state index contributed by atoms with van der Waals surface area (Å²) in [5, 5.41) is 3.78. The molecule has 1 N–H and O–H groups in total. The normalized spacial score (nSPS) is 30.7. The Bertz CT molecular complexity index is 425. The van der Waals surface area contributed by atoms with Crippen LogP contribution in [0.25, 0.3) is 0 Å². The van der Waals surface area contributed by atoms with E-state index >= 15 is 0 Å². The molecule has 0 saturated carbocycles. The van der Waals surface area contributed by atoms with E-state index in [2.05, 4.69) is 78.4 Å². The van der Waals surface area contributed by atoms with Crippen molar-refractivity contribution in [1.82, 2.24) is 9.76 Å². The van der Waals surface area contributed by atoms with Gasteiger partial charge in [0.1, 0.15) is 0 Å². The molecule has 0 aromatic rings. The van der Waals surface area contributed by atoms with E-state index in [-0.39, 0.29) is 8.22 Å². The Morgan fingerprint density at radius 3 is 2.90 bits per heavy atom. The third kappa shape index (κ3) is 5.10. The van der Waals surface area contributed by atoms with Crippen LogP contribution in [-0.4, -0.2) is 34.5 Å². The Labute approximate surface area is 135 Å². The molecule has 3 atom stereocenters. The Morgan fingerprint density at radius 2 is 2.19 bits per heavy atom. The smallest absolute Gasteiger partial charge is 0.0499 e. The largest absolute Gasteiger partial charge is 0.280 e. The zero-order chi connectivity index (χ0) is 15.1. The van der Waals surface area contributed by atoms with E-state index in [1.54, 1.807) is 0 Å². The highest BCUT2D eigenvalue weighted by Gasteiger charge is 2.37. The minimum absolute atomic E-state index is 0.103. The summed E-state index contributed by atoms with van der Waals surface area (Å²) in [5.41, 5.74) is 1.24. The fourth-order valence-corrected chi connectivity index (χ4v) is 6.42. The van der Waals surface area contributed by atoms with Crippen LogP contribution < -0.4 is 5.09 Å². The van der Waals surface area contributed by atoms with Crippen molar-refractivity contribution in [2.45, 2.75) is 38.8 Å². The summed E-state index contributed by atoms with van der Waals surface area (Å²) in [6.45, 7) is 8.35. The number of rotatable bonds is 7. The number of nitrogens with one attached hydrogen (secondary N) is 1. The van der Waals surface area contributed by atoms with Crippen LogP contribution >= 0.6 is 20.0 Å². The maximum atomic E-state index is 4.17. The average molecular weight is 322 g/mol. The minimum Gasteiger partial charge on any atom is -0.280 e. The molecule has 2 heterocycles. The molecule has 0 spiro atoms. The molecule has 2 nitrogen and oxygen atoms in total. The van der Waals surface area contributed by atoms with E-state index in [4.69, 9.17) is 0 Å². The average Bonchev–Trinajstić information content (AvgIpc) is 2.87. The summed E-state index contributed by atoms with van der Waals surface area (Å²) >= 11 is 2.05. The lowest BCUT2D eigenvalue weighted by atomic mass is 10.1. The van der Waals surface area contributed by atoms with Crippen molar-refractivity contribution in [3.05, 3.63) is 48.6 Å². The SMILES string of the molecule is C=C(/C=C\C/C=C\C)CC1CP(N2CSCC2/C=C/C)N1. The van der Waals surface area contributed by atoms with Crippen LogP contribution in [-0.2, 0) is 0 Å². The summed E-state index contributed by atoms with van der Waals surface area (Å²) in [6.07, 6.45) is 16.6. The van der Waals surface area contributed by atoms with Gasteiger partial charge in [0.25, 0.3) is 0 Å². The highest BCUT2D eigenvalue weighted by molar-refractivity contribution is 7.99. The van der Waals surface area contributed by atoms with Crippen molar-refractivity contribution < 1.29 is 0 Å². The molecule has 0 amide bonds. The lowest BCUT2D eigenvalue weighted by molar-refractivity contribution is 0.463. The molecular formula is C17H27N2PS. The monoisotopic (exact) mass is 322 g/mol. The molecule has 116 valence electrons. The van der Waals surface area contributed by atoms with E-state index in [1.807, 2.05) is 0 Å². The molecule has 2 aliphatic rings. The van der Waals surface area contributed by atoms with Gasteiger partial charge in [-0.25, -0.2) is 0 Å². The first kappa shape index (κ1) is 17.0. The lowest BCUT2D eigenvalue weighted by Crippen LogP contribution is -2.47. The summed E-state index contributed by atoms with van der Waals surface area (Å²) in [6, 6.07) is 1.27. The van der Waals surface area contributed by atoms with Crippen molar-refractivity contribution in [3.8, 4) is 0 Å². The van der Waals surface area contributed by atoms with Gasteiger partial charge in [-0.3, -0.25) is 9.76 Å². The van der Waals surface area contributed by atoms with Gasteiger partial charge in [0.15, 0.2) is 0 Å². The maximum absolute atomic E-state index is 4.17. The summed E-state index contributed by atoms with van der Waals surface area (Å²) < 4.78 is 2.65. The van der Waals surface area contributed by atoms with Gasteiger partial charge in [-0.1, -0.05) is 48.6 Å². The van der Waals surface area contributed by atoms with Crippen LogP contribution in [0, 0.1) is 0 Å². The summed E-state index contributed by atoms with van der Waals surface area (Å²) in [7, 11) is -0.103. The number of thioether (sulfide) groups is 1. The number of hydrogen-bond donors (Lipinski definition) is 1. The van der Waals surface area contributed by atoms with Crippen molar-refractivity contribution in [2.75, 3.05) is 17.8 Å². The zero-order valence-corrected chi connectivity index (χ0v) is 14.9. The van der Waals surface area contributed by atoms with Crippen molar-refractivity contribution in [1.29, 1.82) is 0 Å². The van der Waals surface area contributed by atoms with E-state index in [1.165, 1.54) is 23.4 Å². The Kier molecular flexibility index (Phi) is 7.25. The second kappa shape index (κ2) is 8.95. The fourth-order valence-electron chi connectivity index (χ4n) is 2.60. The quantitative estimate of drug-likeness (QED) is 0.416. The third-order valence-electron chi connectivity index (χ3n) is 3.71. The Morgan fingerprint density at radius 1 is 1.38 bits per heavy atom. The topological polar surface area (TPSA) is 15.3 Å². The summed E-state index contributed by atoms with van der Waals surface area (Å²) in [4.78, 5) is 0. The van der Waals surface area contributed by atoms with Crippen molar-refractivity contribution >= 4 is 20.0 Å². The number of hydrogen-bond acceptors (Lipinski definition) is 3. The zero-order valence-electron chi connectivity index (χ0n) is 13.2. The highest BCUT2D eigenvalue weighted by atomic mass is 32.2. The predicted octanol–water partition coefficient (Wildman–Crippen LogP) is 4.69. The van der Waals surface area contributed by atoms with Crippen LogP contribution in [0.4, 0.5) is 0 Å². The molecule has 2 fully saturated rings. The van der Waals surface area contributed by atoms with Crippen LogP contribution in [0.1, 0.15) is 26.7 Å². The first-order valence-corrected chi connectivity index (χ1v) is 10.3. The molecule has 0 aromatic heterocycles. The Balaban J connectivity index is 1.69. The van der Waals surface area contributed by atoms with Gasteiger partial charge in [0, 0.05) is 38.1 Å². The van der Waals surface area contributed by atoms with E-state index in [9.17, 15) is 0 Å². The molecule has 2 rings (SSSR count). The third-order valence-corrected chi connectivity index (χ3v) is 7.45. The lowest BCUT2D eigenvalue weighted by Gasteiger charge is -2.44. The minimum atomic E-state index is -0.103. The molecular weight excluding hydrogens is 295 g/mol. The molecule has 0 aromatic carbocycles. The van der Waals surface area contributed by atoms with Gasteiger partial charge in [0.05, 0.1) is 0 Å².